The Kier molecular flexibility index (Phi) is 5.09. The molecule has 24 heavy (non-hydrogen) atoms. The Balaban J connectivity index is 1.69. The van der Waals surface area contributed by atoms with E-state index in [0.717, 1.165) is 49.6 Å². The molecule has 5 heteroatoms. The van der Waals surface area contributed by atoms with Gasteiger partial charge in [0.05, 0.1) is 19.4 Å². The predicted octanol–water partition coefficient (Wildman–Crippen LogP) is 3.09. The number of benzene rings is 1. The van der Waals surface area contributed by atoms with Gasteiger partial charge in [-0.25, -0.2) is 0 Å². The summed E-state index contributed by atoms with van der Waals surface area (Å²) >= 11 is 0. The van der Waals surface area contributed by atoms with Crippen LogP contribution in [0.25, 0.3) is 0 Å². The van der Waals surface area contributed by atoms with Crippen molar-refractivity contribution in [1.82, 2.24) is 15.1 Å². The molecule has 1 atom stereocenters. The van der Waals surface area contributed by atoms with Crippen molar-refractivity contribution >= 4 is 0 Å². The highest BCUT2D eigenvalue weighted by Crippen LogP contribution is 2.34. The van der Waals surface area contributed by atoms with Crippen LogP contribution in [0.1, 0.15) is 41.4 Å². The Morgan fingerprint density at radius 1 is 1.38 bits per heavy atom. The zero-order valence-corrected chi connectivity index (χ0v) is 15.1. The minimum absolute atomic E-state index is 0.325. The lowest BCUT2D eigenvalue weighted by Gasteiger charge is -2.19. The predicted molar refractivity (Wildman–Crippen MR) is 94.9 cm³/mol. The van der Waals surface area contributed by atoms with Crippen molar-refractivity contribution in [1.29, 1.82) is 0 Å². The molecule has 0 unspecified atom stereocenters. The first-order valence-corrected chi connectivity index (χ1v) is 8.63. The highest BCUT2D eigenvalue weighted by molar-refractivity contribution is 5.43. The fourth-order valence-electron chi connectivity index (χ4n) is 3.44. The maximum atomic E-state index is 5.89. The molecule has 3 rings (SSSR count). The van der Waals surface area contributed by atoms with Crippen molar-refractivity contribution in [2.45, 2.75) is 39.2 Å². The number of aromatic nitrogens is 2. The number of hydrogen-bond acceptors (Lipinski definition) is 4. The number of fused-ring (bicyclic) bond motifs is 1. The summed E-state index contributed by atoms with van der Waals surface area (Å²) in [5.74, 6) is 1.79. The van der Waals surface area contributed by atoms with E-state index in [9.17, 15) is 0 Å². The normalized spacial score (nSPS) is 17.1. The maximum Gasteiger partial charge on any atom is 0.127 e. The van der Waals surface area contributed by atoms with Crippen molar-refractivity contribution in [2.24, 2.45) is 7.05 Å². The lowest BCUT2D eigenvalue weighted by molar-refractivity contribution is 0.313. The van der Waals surface area contributed by atoms with Crippen LogP contribution >= 0.6 is 0 Å². The summed E-state index contributed by atoms with van der Waals surface area (Å²) < 4.78 is 13.2. The Bertz CT molecular complexity index is 709. The summed E-state index contributed by atoms with van der Waals surface area (Å²) in [6, 6.07) is 6.45. The van der Waals surface area contributed by atoms with Gasteiger partial charge in [0.15, 0.2) is 0 Å². The SMILES string of the molecule is COc1ccc2c(c1)OCCC[C@@H]2NCCc1c(C)nn(C)c1C. The molecule has 1 aliphatic heterocycles. The number of hydrogen-bond donors (Lipinski definition) is 1. The molecule has 0 saturated carbocycles. The van der Waals surface area contributed by atoms with Gasteiger partial charge < -0.3 is 14.8 Å². The summed E-state index contributed by atoms with van der Waals surface area (Å²) in [7, 11) is 3.69. The van der Waals surface area contributed by atoms with Gasteiger partial charge in [-0.1, -0.05) is 6.07 Å². The highest BCUT2D eigenvalue weighted by atomic mass is 16.5. The van der Waals surface area contributed by atoms with E-state index in [-0.39, 0.29) is 0 Å². The molecule has 130 valence electrons. The van der Waals surface area contributed by atoms with Crippen LogP contribution in [0.4, 0.5) is 0 Å². The van der Waals surface area contributed by atoms with Gasteiger partial charge in [0.25, 0.3) is 0 Å². The molecule has 0 fully saturated rings. The van der Waals surface area contributed by atoms with Gasteiger partial charge in [-0.2, -0.15) is 5.10 Å². The minimum atomic E-state index is 0.325. The standard InChI is InChI=1S/C19H27N3O2/c1-13-16(14(2)22(3)21-13)9-10-20-18-6-5-11-24-19-12-15(23-4)7-8-17(18)19/h7-8,12,18,20H,5-6,9-11H2,1-4H3/t18-/m0/s1. The molecule has 2 heterocycles. The van der Waals surface area contributed by atoms with Gasteiger partial charge in [0, 0.05) is 30.4 Å². The first kappa shape index (κ1) is 16.8. The third kappa shape index (κ3) is 3.41. The van der Waals surface area contributed by atoms with Crippen LogP contribution in [0, 0.1) is 13.8 Å². The van der Waals surface area contributed by atoms with E-state index in [4.69, 9.17) is 9.47 Å². The molecule has 0 saturated heterocycles. The van der Waals surface area contributed by atoms with Gasteiger partial charge in [-0.15, -0.1) is 0 Å². The zero-order chi connectivity index (χ0) is 17.1. The molecule has 0 aliphatic carbocycles. The van der Waals surface area contributed by atoms with E-state index in [1.165, 1.54) is 16.8 Å². The van der Waals surface area contributed by atoms with Gasteiger partial charge in [0.1, 0.15) is 11.5 Å². The second-order valence-corrected chi connectivity index (χ2v) is 6.42. The van der Waals surface area contributed by atoms with Crippen LogP contribution in [0.5, 0.6) is 11.5 Å². The molecule has 0 radical (unpaired) electrons. The summed E-state index contributed by atoms with van der Waals surface area (Å²) in [5, 5.41) is 8.21. The fraction of sp³-hybridized carbons (Fsp3) is 0.526. The number of aryl methyl sites for hydroxylation is 2. The average Bonchev–Trinajstić information content (AvgIpc) is 2.75. The monoisotopic (exact) mass is 329 g/mol. The Morgan fingerprint density at radius 2 is 2.21 bits per heavy atom. The number of nitrogens with one attached hydrogen (secondary N) is 1. The van der Waals surface area contributed by atoms with Gasteiger partial charge in [-0.3, -0.25) is 4.68 Å². The lowest BCUT2D eigenvalue weighted by Crippen LogP contribution is -2.23. The van der Waals surface area contributed by atoms with Crippen molar-refractivity contribution in [3.05, 3.63) is 40.7 Å². The van der Waals surface area contributed by atoms with Crippen LogP contribution < -0.4 is 14.8 Å². The molecule has 5 nitrogen and oxygen atoms in total. The van der Waals surface area contributed by atoms with E-state index in [0.29, 0.717) is 6.04 Å². The van der Waals surface area contributed by atoms with Crippen molar-refractivity contribution in [3.8, 4) is 11.5 Å². The summed E-state index contributed by atoms with van der Waals surface area (Å²) in [4.78, 5) is 0. The molecular formula is C19H27N3O2. The third-order valence-electron chi connectivity index (χ3n) is 4.92. The molecular weight excluding hydrogens is 302 g/mol. The first-order chi connectivity index (χ1) is 11.6. The number of nitrogens with zero attached hydrogens (tertiary/aromatic N) is 2. The topological polar surface area (TPSA) is 48.3 Å². The fourth-order valence-corrected chi connectivity index (χ4v) is 3.44. The van der Waals surface area contributed by atoms with Gasteiger partial charge in [0.2, 0.25) is 0 Å². The molecule has 1 N–H and O–H groups in total. The quantitative estimate of drug-likeness (QED) is 0.916. The van der Waals surface area contributed by atoms with E-state index < -0.39 is 0 Å². The number of methoxy groups -OCH3 is 1. The highest BCUT2D eigenvalue weighted by Gasteiger charge is 2.20. The molecule has 1 aliphatic rings. The zero-order valence-electron chi connectivity index (χ0n) is 15.1. The molecule has 1 aromatic heterocycles. The van der Waals surface area contributed by atoms with Crippen molar-refractivity contribution < 1.29 is 9.47 Å². The summed E-state index contributed by atoms with van der Waals surface area (Å²) in [6.07, 6.45) is 3.14. The molecule has 1 aromatic carbocycles. The number of ether oxygens (including phenoxy) is 2. The van der Waals surface area contributed by atoms with E-state index in [1.807, 2.05) is 23.9 Å². The average molecular weight is 329 g/mol. The molecule has 0 bridgehead atoms. The van der Waals surface area contributed by atoms with Crippen molar-refractivity contribution in [2.75, 3.05) is 20.3 Å². The van der Waals surface area contributed by atoms with E-state index >= 15 is 0 Å². The van der Waals surface area contributed by atoms with Crippen LogP contribution in [0.3, 0.4) is 0 Å². The first-order valence-electron chi connectivity index (χ1n) is 8.63. The van der Waals surface area contributed by atoms with Gasteiger partial charge in [-0.05, 0) is 51.3 Å². The van der Waals surface area contributed by atoms with Crippen LogP contribution in [0.15, 0.2) is 18.2 Å². The molecule has 2 aromatic rings. The smallest absolute Gasteiger partial charge is 0.127 e. The second-order valence-electron chi connectivity index (χ2n) is 6.42. The second kappa shape index (κ2) is 7.26. The number of rotatable bonds is 5. The molecule has 0 amide bonds. The largest absolute Gasteiger partial charge is 0.497 e. The van der Waals surface area contributed by atoms with Gasteiger partial charge >= 0.3 is 0 Å². The third-order valence-corrected chi connectivity index (χ3v) is 4.92. The Labute approximate surface area is 144 Å². The summed E-state index contributed by atoms with van der Waals surface area (Å²) in [5.41, 5.74) is 4.97. The van der Waals surface area contributed by atoms with E-state index in [2.05, 4.69) is 30.3 Å². The van der Waals surface area contributed by atoms with Crippen LogP contribution in [-0.4, -0.2) is 30.0 Å². The van der Waals surface area contributed by atoms with Crippen LogP contribution in [0.2, 0.25) is 0 Å². The minimum Gasteiger partial charge on any atom is -0.497 e. The maximum absolute atomic E-state index is 5.89. The van der Waals surface area contributed by atoms with E-state index in [1.54, 1.807) is 7.11 Å². The van der Waals surface area contributed by atoms with Crippen LogP contribution in [-0.2, 0) is 13.5 Å². The van der Waals surface area contributed by atoms with Crippen molar-refractivity contribution in [3.63, 3.8) is 0 Å². The molecule has 0 spiro atoms. The summed E-state index contributed by atoms with van der Waals surface area (Å²) in [6.45, 7) is 5.92. The Morgan fingerprint density at radius 3 is 2.92 bits per heavy atom. The lowest BCUT2D eigenvalue weighted by atomic mass is 10.0. The Hall–Kier alpha value is -2.01.